The molecule has 0 saturated carbocycles. The van der Waals surface area contributed by atoms with Gasteiger partial charge in [-0.05, 0) is 5.56 Å². The number of alkyl halides is 3. The third-order valence-electron chi connectivity index (χ3n) is 2.82. The molecule has 0 radical (unpaired) electrons. The van der Waals surface area contributed by atoms with E-state index in [-0.39, 0.29) is 6.61 Å². The predicted molar refractivity (Wildman–Crippen MR) is 75.5 cm³/mol. The lowest BCUT2D eigenvalue weighted by Gasteiger charge is -2.12. The van der Waals surface area contributed by atoms with E-state index in [1.165, 1.54) is 0 Å². The van der Waals surface area contributed by atoms with Crippen molar-refractivity contribution < 1.29 is 32.6 Å². The number of rotatable bonds is 5. The molecule has 1 heterocycles. The van der Waals surface area contributed by atoms with Gasteiger partial charge in [0, 0.05) is 0 Å². The maximum absolute atomic E-state index is 12.5. The number of aromatic carboxylic acids is 1. The van der Waals surface area contributed by atoms with Gasteiger partial charge in [0.1, 0.15) is 13.2 Å². The summed E-state index contributed by atoms with van der Waals surface area (Å²) in [5, 5.41) is 10.9. The first-order valence-corrected chi connectivity index (χ1v) is 6.59. The Morgan fingerprint density at radius 3 is 2.50 bits per heavy atom. The number of carbonyl (C=O) groups excluding carboxylic acids is 1. The van der Waals surface area contributed by atoms with Crippen LogP contribution in [0.2, 0.25) is 0 Å². The molecule has 2 N–H and O–H groups in total. The van der Waals surface area contributed by atoms with Crippen molar-refractivity contribution in [2.45, 2.75) is 19.3 Å². The van der Waals surface area contributed by atoms with Crippen LogP contribution in [0.5, 0.6) is 0 Å². The number of imidazole rings is 1. The number of aromatic nitrogens is 2. The highest BCUT2D eigenvalue weighted by Gasteiger charge is 2.31. The zero-order valence-corrected chi connectivity index (χ0v) is 12.1. The molecule has 2 rings (SSSR count). The third kappa shape index (κ3) is 4.73. The average Bonchev–Trinajstić information content (AvgIpc) is 2.87. The Balaban J connectivity index is 2.10. The average molecular weight is 343 g/mol. The van der Waals surface area contributed by atoms with Gasteiger partial charge in [-0.3, -0.25) is 5.32 Å². The lowest BCUT2D eigenvalue weighted by atomic mass is 10.2. The van der Waals surface area contributed by atoms with Gasteiger partial charge >= 0.3 is 18.2 Å². The van der Waals surface area contributed by atoms with E-state index >= 15 is 0 Å². The first-order chi connectivity index (χ1) is 11.3. The monoisotopic (exact) mass is 343 g/mol. The molecule has 0 aliphatic rings. The van der Waals surface area contributed by atoms with Crippen LogP contribution >= 0.6 is 0 Å². The number of hydrogen-bond donors (Lipinski definition) is 2. The van der Waals surface area contributed by atoms with Crippen molar-refractivity contribution in [1.29, 1.82) is 0 Å². The number of carbonyl (C=O) groups is 2. The molecular weight excluding hydrogens is 331 g/mol. The summed E-state index contributed by atoms with van der Waals surface area (Å²) in [5.74, 6) is -2.17. The molecule has 0 bridgehead atoms. The Morgan fingerprint density at radius 2 is 1.92 bits per heavy atom. The van der Waals surface area contributed by atoms with Crippen LogP contribution in [0, 0.1) is 0 Å². The minimum atomic E-state index is -4.61. The summed E-state index contributed by atoms with van der Waals surface area (Å²) in [6.07, 6.45) is -5.02. The van der Waals surface area contributed by atoms with Crippen LogP contribution in [-0.4, -0.2) is 32.9 Å². The fraction of sp³-hybridized carbons (Fsp3) is 0.214. The lowest BCUT2D eigenvalue weighted by molar-refractivity contribution is -0.140. The molecule has 0 fully saturated rings. The highest BCUT2D eigenvalue weighted by Crippen LogP contribution is 2.23. The Kier molecular flexibility index (Phi) is 5.07. The van der Waals surface area contributed by atoms with E-state index in [2.05, 4.69) is 4.98 Å². The number of carboxylic acid groups (broad SMARTS) is 1. The summed E-state index contributed by atoms with van der Waals surface area (Å²) in [7, 11) is 0. The van der Waals surface area contributed by atoms with E-state index in [4.69, 9.17) is 9.84 Å². The zero-order chi connectivity index (χ0) is 17.7. The third-order valence-corrected chi connectivity index (χ3v) is 2.82. The number of ether oxygens (including phenoxy) is 1. The van der Waals surface area contributed by atoms with Crippen molar-refractivity contribution in [2.24, 2.45) is 0 Å². The van der Waals surface area contributed by atoms with Crippen molar-refractivity contribution >= 4 is 17.9 Å². The minimum absolute atomic E-state index is 0.123. The smallest absolute Gasteiger partial charge is 0.413 e. The second kappa shape index (κ2) is 7.02. The molecule has 24 heavy (non-hydrogen) atoms. The molecule has 0 atom stereocenters. The molecule has 2 aromatic rings. The van der Waals surface area contributed by atoms with Gasteiger partial charge in [0.15, 0.2) is 11.5 Å². The maximum atomic E-state index is 12.5. The van der Waals surface area contributed by atoms with Gasteiger partial charge in [0.2, 0.25) is 0 Å². The van der Waals surface area contributed by atoms with Gasteiger partial charge in [-0.15, -0.1) is 0 Å². The van der Waals surface area contributed by atoms with Crippen molar-refractivity contribution in [1.82, 2.24) is 9.55 Å². The number of anilines is 1. The minimum Gasteiger partial charge on any atom is -0.476 e. The van der Waals surface area contributed by atoms with Crippen molar-refractivity contribution in [3.63, 3.8) is 0 Å². The number of nitrogens with one attached hydrogen (secondary N) is 1. The molecular formula is C14H12F3N3O4. The molecule has 0 spiro atoms. The lowest BCUT2D eigenvalue weighted by Crippen LogP contribution is -2.22. The summed E-state index contributed by atoms with van der Waals surface area (Å²) >= 11 is 0. The van der Waals surface area contributed by atoms with Gasteiger partial charge in [-0.1, -0.05) is 30.3 Å². The van der Waals surface area contributed by atoms with Crippen LogP contribution in [-0.2, 0) is 17.9 Å². The first-order valence-electron chi connectivity index (χ1n) is 6.59. The summed E-state index contributed by atoms with van der Waals surface area (Å²) in [4.78, 5) is 26.1. The highest BCUT2D eigenvalue weighted by molar-refractivity contribution is 5.96. The van der Waals surface area contributed by atoms with Crippen LogP contribution in [0.15, 0.2) is 36.7 Å². The number of carboxylic acids is 1. The second-order valence-corrected chi connectivity index (χ2v) is 4.68. The Bertz CT molecular complexity index is 729. The van der Waals surface area contributed by atoms with Gasteiger partial charge in [0.25, 0.3) is 0 Å². The van der Waals surface area contributed by atoms with Crippen LogP contribution in [0.3, 0.4) is 0 Å². The zero-order valence-electron chi connectivity index (χ0n) is 12.1. The molecule has 0 aliphatic carbocycles. The maximum Gasteiger partial charge on any atom is 0.413 e. The molecule has 0 aliphatic heterocycles. The van der Waals surface area contributed by atoms with Gasteiger partial charge in [-0.25, -0.2) is 14.6 Å². The summed E-state index contributed by atoms with van der Waals surface area (Å²) in [5.41, 5.74) is -0.0502. The molecule has 7 nitrogen and oxygen atoms in total. The van der Waals surface area contributed by atoms with E-state index in [9.17, 15) is 22.8 Å². The standard InChI is InChI=1S/C14H12F3N3O4/c15-14(16,17)7-20-8-18-10(12(21)22)11(20)19-13(23)24-6-9-4-2-1-3-5-9/h1-5,8H,6-7H2,(H,19,23)(H,21,22). The number of amides is 1. The predicted octanol–water partition coefficient (Wildman–Crippen LogP) is 2.89. The first kappa shape index (κ1) is 17.3. The van der Waals surface area contributed by atoms with Gasteiger partial charge in [0.05, 0.1) is 6.33 Å². The van der Waals surface area contributed by atoms with Gasteiger partial charge in [-0.2, -0.15) is 13.2 Å². The van der Waals surface area contributed by atoms with Crippen molar-refractivity contribution in [3.8, 4) is 0 Å². The molecule has 128 valence electrons. The molecule has 0 unspecified atom stereocenters. The largest absolute Gasteiger partial charge is 0.476 e. The van der Waals surface area contributed by atoms with Crippen molar-refractivity contribution in [3.05, 3.63) is 47.9 Å². The Morgan fingerprint density at radius 1 is 1.25 bits per heavy atom. The fourth-order valence-electron chi connectivity index (χ4n) is 1.84. The van der Waals surface area contributed by atoms with Crippen LogP contribution < -0.4 is 5.32 Å². The van der Waals surface area contributed by atoms with Gasteiger partial charge < -0.3 is 14.4 Å². The van der Waals surface area contributed by atoms with E-state index in [1.54, 1.807) is 30.3 Å². The van der Waals surface area contributed by atoms with E-state index in [1.807, 2.05) is 5.32 Å². The van der Waals surface area contributed by atoms with Crippen LogP contribution in [0.25, 0.3) is 0 Å². The van der Waals surface area contributed by atoms with Crippen molar-refractivity contribution in [2.75, 3.05) is 5.32 Å². The quantitative estimate of drug-likeness (QED) is 0.871. The van der Waals surface area contributed by atoms with E-state index < -0.39 is 36.3 Å². The number of nitrogens with zero attached hydrogens (tertiary/aromatic N) is 2. The molecule has 1 aromatic carbocycles. The Hall–Kier alpha value is -3.04. The second-order valence-electron chi connectivity index (χ2n) is 4.68. The summed E-state index contributed by atoms with van der Waals surface area (Å²) in [6.45, 7) is -1.62. The SMILES string of the molecule is O=C(Nc1c(C(=O)O)ncn1CC(F)(F)F)OCc1ccccc1. The van der Waals surface area contributed by atoms with Crippen LogP contribution in [0.4, 0.5) is 23.8 Å². The van der Waals surface area contributed by atoms with E-state index in [0.717, 1.165) is 0 Å². The fourth-order valence-corrected chi connectivity index (χ4v) is 1.84. The topological polar surface area (TPSA) is 93.5 Å². The van der Waals surface area contributed by atoms with E-state index in [0.29, 0.717) is 16.5 Å². The number of benzene rings is 1. The highest BCUT2D eigenvalue weighted by atomic mass is 19.4. The summed E-state index contributed by atoms with van der Waals surface area (Å²) < 4.78 is 42.8. The molecule has 1 amide bonds. The summed E-state index contributed by atoms with van der Waals surface area (Å²) in [6, 6.07) is 8.57. The normalized spacial score (nSPS) is 11.1. The van der Waals surface area contributed by atoms with Crippen LogP contribution in [0.1, 0.15) is 16.1 Å². The number of hydrogen-bond acceptors (Lipinski definition) is 4. The molecule has 0 saturated heterocycles. The number of halogens is 3. The Labute approximate surface area is 133 Å². The molecule has 10 heteroatoms. The molecule has 1 aromatic heterocycles.